The molecule has 360 valence electrons. The van der Waals surface area contributed by atoms with E-state index in [9.17, 15) is 67.5 Å². The van der Waals surface area contributed by atoms with Gasteiger partial charge in [0.1, 0.15) is 42.9 Å². The number of nitrogen functional groups attached to an aromatic ring is 1. The van der Waals surface area contributed by atoms with Gasteiger partial charge < -0.3 is 66.6 Å². The van der Waals surface area contributed by atoms with Crippen LogP contribution in [0.1, 0.15) is 43.8 Å². The molecule has 1 aliphatic rings. The summed E-state index contributed by atoms with van der Waals surface area (Å²) in [7, 11) is -16.5. The number of aliphatic hydroxyl groups excluding tert-OH is 3. The van der Waals surface area contributed by atoms with Crippen molar-refractivity contribution in [1.29, 1.82) is 0 Å². The number of imidazole rings is 1. The van der Waals surface area contributed by atoms with Gasteiger partial charge in [-0.05, 0) is 18.2 Å². The normalized spacial score (nSPS) is 20.0. The van der Waals surface area contributed by atoms with Crippen molar-refractivity contribution in [1.82, 2.24) is 30.2 Å². The van der Waals surface area contributed by atoms with Crippen LogP contribution in [0, 0.1) is 5.41 Å². The van der Waals surface area contributed by atoms with E-state index in [1.165, 1.54) is 39.0 Å². The van der Waals surface area contributed by atoms with Gasteiger partial charge in [-0.25, -0.2) is 28.6 Å². The average Bonchev–Trinajstić information content (AvgIpc) is 3.77. The maximum Gasteiger partial charge on any atom is 0.481 e. The van der Waals surface area contributed by atoms with E-state index >= 15 is 0 Å². The molecule has 0 aliphatic carbocycles. The van der Waals surface area contributed by atoms with Crippen molar-refractivity contribution >= 4 is 92.3 Å². The standard InChI is InChI=1S/C32H46N9O20P3S/c1-16(43)39-18-5-4-17(10-19(18)40-22(45)11-42)31(49)65-9-8-34-21(44)6-7-35-29(48)26(47)32(2,3)13-58-64(55,56)61-63(53,54)57-12-20-25(60-62(50,51)52)24(46)30(59-20)41-15-38-23-27(33)36-14-37-28(23)41/h4-5,10,14-15,20,24-26,30,42,46-47H,6-9,11-13H2,1-3H3,(H,34,44)(H,35,48)(H,39,43)(H,40,45)(H,53,54)(H,55,56)(H2,33,36,37)(H2,50,51,52). The highest BCUT2D eigenvalue weighted by molar-refractivity contribution is 8.14. The number of nitrogens with one attached hydrogen (secondary N) is 4. The fourth-order valence-corrected chi connectivity index (χ4v) is 9.13. The van der Waals surface area contributed by atoms with Crippen LogP contribution in [0.4, 0.5) is 17.2 Å². The minimum absolute atomic E-state index is 0.0119. The van der Waals surface area contributed by atoms with Gasteiger partial charge in [-0.3, -0.25) is 42.1 Å². The molecule has 1 aromatic carbocycles. The molecular formula is C32H46N9O20P3S. The number of thioether (sulfide) groups is 1. The molecule has 4 rings (SSSR count). The zero-order valence-electron chi connectivity index (χ0n) is 34.3. The molecule has 1 saturated heterocycles. The molecule has 0 spiro atoms. The van der Waals surface area contributed by atoms with Crippen molar-refractivity contribution in [3.05, 3.63) is 36.4 Å². The van der Waals surface area contributed by atoms with Crippen molar-refractivity contribution in [2.24, 2.45) is 5.41 Å². The summed E-state index contributed by atoms with van der Waals surface area (Å²) in [5, 5.41) is 39.8. The van der Waals surface area contributed by atoms with Crippen LogP contribution in [-0.2, 0) is 55.5 Å². The third kappa shape index (κ3) is 15.6. The zero-order chi connectivity index (χ0) is 48.5. The fourth-order valence-electron chi connectivity index (χ4n) is 5.62. The van der Waals surface area contributed by atoms with Crippen LogP contribution in [0.2, 0.25) is 0 Å². The monoisotopic (exact) mass is 1000 g/mol. The maximum absolute atomic E-state index is 12.7. The first-order valence-corrected chi connectivity index (χ1v) is 24.1. The number of amides is 4. The Morgan fingerprint density at radius 3 is 2.32 bits per heavy atom. The molecule has 2 aromatic heterocycles. The quantitative estimate of drug-likeness (QED) is 0.0395. The molecule has 3 aromatic rings. The first-order valence-electron chi connectivity index (χ1n) is 18.6. The van der Waals surface area contributed by atoms with Gasteiger partial charge in [0.25, 0.3) is 0 Å². The average molecular weight is 1000 g/mol. The molecule has 1 aliphatic heterocycles. The summed E-state index contributed by atoms with van der Waals surface area (Å²) in [6.45, 7) is 0.465. The number of carbonyl (C=O) groups excluding carboxylic acids is 5. The molecular weight excluding hydrogens is 955 g/mol. The summed E-state index contributed by atoms with van der Waals surface area (Å²) >= 11 is 0.827. The molecule has 0 radical (unpaired) electrons. The highest BCUT2D eigenvalue weighted by atomic mass is 32.2. The number of carbonyl (C=O) groups is 5. The summed E-state index contributed by atoms with van der Waals surface area (Å²) in [6.07, 6.45) is -7.22. The number of benzene rings is 1. The number of rotatable bonds is 23. The second-order valence-electron chi connectivity index (χ2n) is 14.4. The largest absolute Gasteiger partial charge is 0.481 e. The van der Waals surface area contributed by atoms with E-state index in [0.717, 1.165) is 29.0 Å². The number of nitrogens with two attached hydrogens (primary N) is 1. The third-order valence-corrected chi connectivity index (χ3v) is 12.7. The summed E-state index contributed by atoms with van der Waals surface area (Å²) < 4.78 is 62.2. The van der Waals surface area contributed by atoms with Gasteiger partial charge in [0.05, 0.1) is 30.9 Å². The van der Waals surface area contributed by atoms with Crippen LogP contribution in [0.25, 0.3) is 11.2 Å². The van der Waals surface area contributed by atoms with Crippen LogP contribution < -0.4 is 27.0 Å². The van der Waals surface area contributed by atoms with Crippen molar-refractivity contribution in [2.75, 3.05) is 55.0 Å². The highest BCUT2D eigenvalue weighted by Gasteiger charge is 2.50. The van der Waals surface area contributed by atoms with Gasteiger partial charge in [-0.2, -0.15) is 4.31 Å². The van der Waals surface area contributed by atoms with Crippen molar-refractivity contribution < 1.29 is 95.2 Å². The van der Waals surface area contributed by atoms with E-state index in [1.807, 2.05) is 0 Å². The van der Waals surface area contributed by atoms with Gasteiger partial charge >= 0.3 is 23.5 Å². The number of ether oxygens (including phenoxy) is 1. The number of anilines is 3. The molecule has 33 heteroatoms. The Bertz CT molecular complexity index is 2390. The topological polar surface area (TPSA) is 442 Å². The summed E-state index contributed by atoms with van der Waals surface area (Å²) in [5.74, 6) is -2.76. The molecule has 7 unspecified atom stereocenters. The van der Waals surface area contributed by atoms with Crippen LogP contribution >= 0.6 is 35.2 Å². The van der Waals surface area contributed by atoms with E-state index in [2.05, 4.69) is 45.1 Å². The van der Waals surface area contributed by atoms with Gasteiger partial charge in [0.15, 0.2) is 17.7 Å². The number of phosphoric ester groups is 3. The number of hydrogen-bond donors (Lipinski definition) is 12. The first-order chi connectivity index (χ1) is 30.2. The molecule has 29 nitrogen and oxygen atoms in total. The molecule has 0 saturated carbocycles. The fraction of sp³-hybridized carbons (Fsp3) is 0.500. The lowest BCUT2D eigenvalue weighted by atomic mass is 9.87. The Balaban J connectivity index is 1.21. The Hall–Kier alpha value is -4.32. The Kier molecular flexibility index (Phi) is 18.4. The van der Waals surface area contributed by atoms with Gasteiger partial charge in [0, 0.05) is 43.2 Å². The summed E-state index contributed by atoms with van der Waals surface area (Å²) in [6, 6.07) is 4.10. The van der Waals surface area contributed by atoms with Crippen LogP contribution in [0.15, 0.2) is 30.9 Å². The number of aliphatic hydroxyl groups is 3. The molecule has 13 N–H and O–H groups in total. The minimum atomic E-state index is -5.62. The van der Waals surface area contributed by atoms with Crippen molar-refractivity contribution in [3.63, 3.8) is 0 Å². The molecule has 65 heavy (non-hydrogen) atoms. The highest BCUT2D eigenvalue weighted by Crippen LogP contribution is 2.61. The van der Waals surface area contributed by atoms with Crippen LogP contribution in [-0.4, -0.2) is 146 Å². The molecule has 4 amide bonds. The van der Waals surface area contributed by atoms with Gasteiger partial charge in [0.2, 0.25) is 28.7 Å². The smallest absolute Gasteiger partial charge is 0.387 e. The lowest BCUT2D eigenvalue weighted by molar-refractivity contribution is -0.137. The summed E-state index contributed by atoms with van der Waals surface area (Å²) in [4.78, 5) is 112. The second kappa shape index (κ2) is 22.4. The van der Waals surface area contributed by atoms with Crippen molar-refractivity contribution in [2.45, 2.75) is 57.8 Å². The number of hydrogen-bond acceptors (Lipinski definition) is 21. The molecule has 1 fully saturated rings. The van der Waals surface area contributed by atoms with E-state index in [-0.39, 0.29) is 59.2 Å². The summed E-state index contributed by atoms with van der Waals surface area (Å²) in [5.41, 5.74) is 4.59. The van der Waals surface area contributed by atoms with E-state index in [0.29, 0.717) is 0 Å². The number of fused-ring (bicyclic) bond motifs is 1. The van der Waals surface area contributed by atoms with Gasteiger partial charge in [-0.15, -0.1) is 0 Å². The molecule has 3 heterocycles. The number of phosphoric acid groups is 3. The van der Waals surface area contributed by atoms with Crippen LogP contribution in [0.5, 0.6) is 0 Å². The predicted molar refractivity (Wildman–Crippen MR) is 223 cm³/mol. The van der Waals surface area contributed by atoms with E-state index in [4.69, 9.17) is 24.6 Å². The Morgan fingerprint density at radius 1 is 0.969 bits per heavy atom. The van der Waals surface area contributed by atoms with Crippen molar-refractivity contribution in [3.8, 4) is 0 Å². The third-order valence-electron chi connectivity index (χ3n) is 8.72. The maximum atomic E-state index is 12.7. The second-order valence-corrected chi connectivity index (χ2v) is 19.7. The molecule has 0 bridgehead atoms. The van der Waals surface area contributed by atoms with E-state index < -0.39 is 108 Å². The Morgan fingerprint density at radius 2 is 1.66 bits per heavy atom. The van der Waals surface area contributed by atoms with Crippen LogP contribution in [0.3, 0.4) is 0 Å². The zero-order valence-corrected chi connectivity index (χ0v) is 37.8. The first kappa shape index (κ1) is 53.3. The van der Waals surface area contributed by atoms with E-state index in [1.54, 1.807) is 0 Å². The number of nitrogens with zero attached hydrogens (tertiary/aromatic N) is 4. The SMILES string of the molecule is CC(=O)Nc1ccc(C(=O)SCCNC(=O)CCNC(=O)C(O)C(C)(C)COP(=O)(O)OP(=O)(O)OCC2OC(n3cnc4c(N)ncnc43)C(O)C2OP(=O)(O)O)cc1NC(=O)CO. The Labute approximate surface area is 371 Å². The number of aromatic nitrogens is 4. The predicted octanol–water partition coefficient (Wildman–Crippen LogP) is -1.13. The van der Waals surface area contributed by atoms with Gasteiger partial charge in [-0.1, -0.05) is 25.6 Å². The minimum Gasteiger partial charge on any atom is -0.387 e. The lowest BCUT2D eigenvalue weighted by Crippen LogP contribution is -2.46. The lowest BCUT2D eigenvalue weighted by Gasteiger charge is -2.30. The molecule has 7 atom stereocenters.